The van der Waals surface area contributed by atoms with Crippen LogP contribution in [0.5, 0.6) is 0 Å². The van der Waals surface area contributed by atoms with E-state index in [-0.39, 0.29) is 23.7 Å². The van der Waals surface area contributed by atoms with Crippen LogP contribution in [-0.4, -0.2) is 58.0 Å². The van der Waals surface area contributed by atoms with Crippen LogP contribution in [0.15, 0.2) is 29.0 Å². The van der Waals surface area contributed by atoms with Gasteiger partial charge in [0.1, 0.15) is 6.54 Å². The average molecular weight is 304 g/mol. The summed E-state index contributed by atoms with van der Waals surface area (Å²) in [6.07, 6.45) is 3.47. The molecular weight excluding hydrogens is 288 g/mol. The van der Waals surface area contributed by atoms with E-state index < -0.39 is 0 Å². The zero-order chi connectivity index (χ0) is 15.5. The van der Waals surface area contributed by atoms with Crippen molar-refractivity contribution in [2.45, 2.75) is 12.6 Å². The van der Waals surface area contributed by atoms with Gasteiger partial charge in [0.25, 0.3) is 5.91 Å². The van der Waals surface area contributed by atoms with Crippen LogP contribution >= 0.6 is 0 Å². The van der Waals surface area contributed by atoms with Gasteiger partial charge in [-0.05, 0) is 6.07 Å². The third-order valence-corrected chi connectivity index (χ3v) is 3.39. The van der Waals surface area contributed by atoms with Gasteiger partial charge in [-0.15, -0.1) is 0 Å². The van der Waals surface area contributed by atoms with E-state index in [9.17, 15) is 9.59 Å². The summed E-state index contributed by atoms with van der Waals surface area (Å²) in [5, 5.41) is 13.1. The maximum absolute atomic E-state index is 12.2. The number of hydrogen-bond acceptors (Lipinski definition) is 5. The normalized spacial score (nSPS) is 14.5. The van der Waals surface area contributed by atoms with Gasteiger partial charge in [-0.2, -0.15) is 5.10 Å². The number of carbonyl (C=O) groups excluding carboxylic acids is 2. The quantitative estimate of drug-likeness (QED) is 0.805. The van der Waals surface area contributed by atoms with E-state index in [2.05, 4.69) is 20.9 Å². The van der Waals surface area contributed by atoms with Crippen molar-refractivity contribution in [3.8, 4) is 0 Å². The molecule has 1 saturated heterocycles. The van der Waals surface area contributed by atoms with Gasteiger partial charge >= 0.3 is 6.03 Å². The summed E-state index contributed by atoms with van der Waals surface area (Å²) in [4.78, 5) is 25.0. The molecule has 2 aromatic rings. The molecule has 3 heterocycles. The van der Waals surface area contributed by atoms with E-state index in [1.165, 1.54) is 0 Å². The second-order valence-corrected chi connectivity index (χ2v) is 5.01. The minimum atomic E-state index is -0.250. The smallest absolute Gasteiger partial charge is 0.314 e. The highest BCUT2D eigenvalue weighted by Crippen LogP contribution is 2.14. The largest absolute Gasteiger partial charge is 0.359 e. The molecule has 0 spiro atoms. The van der Waals surface area contributed by atoms with E-state index in [1.807, 2.05) is 6.07 Å². The molecule has 0 atom stereocenters. The van der Waals surface area contributed by atoms with Crippen molar-refractivity contribution in [2.24, 2.45) is 0 Å². The van der Waals surface area contributed by atoms with Crippen molar-refractivity contribution >= 4 is 11.9 Å². The Hall–Kier alpha value is -2.84. The van der Waals surface area contributed by atoms with E-state index in [0.717, 1.165) is 0 Å². The van der Waals surface area contributed by atoms with Gasteiger partial charge in [0, 0.05) is 38.6 Å². The Morgan fingerprint density at radius 1 is 1.45 bits per heavy atom. The van der Waals surface area contributed by atoms with Crippen molar-refractivity contribution in [3.05, 3.63) is 36.0 Å². The first kappa shape index (κ1) is 14.1. The molecule has 2 N–H and O–H groups in total. The fraction of sp³-hybridized carbons (Fsp3) is 0.385. The lowest BCUT2D eigenvalue weighted by Crippen LogP contribution is -2.62. The molecule has 3 rings (SSSR count). The average Bonchev–Trinajstić information content (AvgIpc) is 3.13. The zero-order valence-electron chi connectivity index (χ0n) is 12.0. The molecular formula is C13H16N6O3. The lowest BCUT2D eigenvalue weighted by atomic mass is 10.1. The van der Waals surface area contributed by atoms with Crippen LogP contribution in [-0.2, 0) is 6.54 Å². The Bertz CT molecular complexity index is 659. The first-order chi connectivity index (χ1) is 10.7. The number of urea groups is 1. The van der Waals surface area contributed by atoms with E-state index >= 15 is 0 Å². The predicted octanol–water partition coefficient (Wildman–Crippen LogP) is -0.327. The summed E-state index contributed by atoms with van der Waals surface area (Å²) >= 11 is 0. The van der Waals surface area contributed by atoms with Crippen LogP contribution in [0.3, 0.4) is 0 Å². The fourth-order valence-corrected chi connectivity index (χ4v) is 2.20. The van der Waals surface area contributed by atoms with Gasteiger partial charge in [0.05, 0.1) is 6.04 Å². The third-order valence-electron chi connectivity index (χ3n) is 3.39. The first-order valence-electron chi connectivity index (χ1n) is 6.86. The number of rotatable bonds is 4. The number of amides is 3. The van der Waals surface area contributed by atoms with Gasteiger partial charge in [-0.1, -0.05) is 5.16 Å². The fourth-order valence-electron chi connectivity index (χ4n) is 2.20. The number of nitrogens with zero attached hydrogens (tertiary/aromatic N) is 4. The maximum Gasteiger partial charge on any atom is 0.314 e. The molecule has 0 bridgehead atoms. The number of carbonyl (C=O) groups is 2. The number of aromatic nitrogens is 3. The number of nitrogens with one attached hydrogen (secondary N) is 2. The van der Waals surface area contributed by atoms with Crippen LogP contribution in [0.1, 0.15) is 16.2 Å². The van der Waals surface area contributed by atoms with Crippen LogP contribution in [0.4, 0.5) is 4.79 Å². The Morgan fingerprint density at radius 3 is 2.95 bits per heavy atom. The molecule has 1 aliphatic heterocycles. The minimum Gasteiger partial charge on any atom is -0.359 e. The molecule has 22 heavy (non-hydrogen) atoms. The summed E-state index contributed by atoms with van der Waals surface area (Å²) < 4.78 is 6.83. The standard InChI is InChI=1S/C13H16N6O3/c1-14-13(21)16-9-6-18(7-9)12(20)11-5-10(22-17-11)8-19-4-2-3-15-19/h2-5,9H,6-8H2,1H3,(H2,14,16,21). The summed E-state index contributed by atoms with van der Waals surface area (Å²) in [5.41, 5.74) is 0.264. The van der Waals surface area contributed by atoms with Gasteiger partial charge in [0.15, 0.2) is 11.5 Å². The highest BCUT2D eigenvalue weighted by Gasteiger charge is 2.33. The molecule has 1 fully saturated rings. The second-order valence-electron chi connectivity index (χ2n) is 5.01. The third kappa shape index (κ3) is 2.92. The van der Waals surface area contributed by atoms with Crippen molar-refractivity contribution in [1.82, 2.24) is 30.5 Å². The number of likely N-dealkylation sites (tertiary alicyclic amines) is 1. The van der Waals surface area contributed by atoms with Gasteiger partial charge in [0.2, 0.25) is 0 Å². The van der Waals surface area contributed by atoms with Gasteiger partial charge in [-0.3, -0.25) is 9.48 Å². The van der Waals surface area contributed by atoms with Gasteiger partial charge in [-0.25, -0.2) is 4.79 Å². The predicted molar refractivity (Wildman–Crippen MR) is 75.1 cm³/mol. The minimum absolute atomic E-state index is 0.0284. The van der Waals surface area contributed by atoms with Crippen molar-refractivity contribution in [1.29, 1.82) is 0 Å². The monoisotopic (exact) mass is 304 g/mol. The maximum atomic E-state index is 12.2. The molecule has 116 valence electrons. The molecule has 1 aliphatic rings. The Balaban J connectivity index is 1.53. The molecule has 0 radical (unpaired) electrons. The second kappa shape index (κ2) is 5.88. The number of hydrogen-bond donors (Lipinski definition) is 2. The first-order valence-corrected chi connectivity index (χ1v) is 6.86. The topological polar surface area (TPSA) is 105 Å². The van der Waals surface area contributed by atoms with E-state index in [0.29, 0.717) is 25.4 Å². The van der Waals surface area contributed by atoms with Crippen molar-refractivity contribution < 1.29 is 14.1 Å². The summed E-state index contributed by atoms with van der Waals surface area (Å²) in [6.45, 7) is 1.36. The van der Waals surface area contributed by atoms with Crippen LogP contribution in [0, 0.1) is 0 Å². The van der Waals surface area contributed by atoms with Gasteiger partial charge < -0.3 is 20.1 Å². The Labute approximate surface area is 126 Å². The molecule has 0 aliphatic carbocycles. The molecule has 2 aromatic heterocycles. The molecule has 3 amide bonds. The molecule has 9 heteroatoms. The summed E-state index contributed by atoms with van der Waals surface area (Å²) in [5.74, 6) is 0.359. The Kier molecular flexibility index (Phi) is 3.77. The zero-order valence-corrected chi connectivity index (χ0v) is 12.0. The van der Waals surface area contributed by atoms with Crippen molar-refractivity contribution in [3.63, 3.8) is 0 Å². The van der Waals surface area contributed by atoms with Crippen molar-refractivity contribution in [2.75, 3.05) is 20.1 Å². The van der Waals surface area contributed by atoms with E-state index in [1.54, 1.807) is 35.1 Å². The SMILES string of the molecule is CNC(=O)NC1CN(C(=O)c2cc(Cn3cccn3)on2)C1. The van der Waals surface area contributed by atoms with Crippen LogP contribution < -0.4 is 10.6 Å². The molecule has 0 aromatic carbocycles. The lowest BCUT2D eigenvalue weighted by Gasteiger charge is -2.38. The van der Waals surface area contributed by atoms with Crippen LogP contribution in [0.2, 0.25) is 0 Å². The Morgan fingerprint density at radius 2 is 2.27 bits per heavy atom. The van der Waals surface area contributed by atoms with E-state index in [4.69, 9.17) is 4.52 Å². The molecule has 0 unspecified atom stereocenters. The summed E-state index contributed by atoms with van der Waals surface area (Å²) in [7, 11) is 1.55. The summed E-state index contributed by atoms with van der Waals surface area (Å²) in [6, 6.07) is 3.14. The highest BCUT2D eigenvalue weighted by atomic mass is 16.5. The van der Waals surface area contributed by atoms with Crippen LogP contribution in [0.25, 0.3) is 0 Å². The highest BCUT2D eigenvalue weighted by molar-refractivity contribution is 5.93. The lowest BCUT2D eigenvalue weighted by molar-refractivity contribution is 0.0567. The molecule has 0 saturated carbocycles. The molecule has 9 nitrogen and oxygen atoms in total.